The molecule has 6 nitrogen and oxygen atoms in total. The molecule has 1 unspecified atom stereocenters. The Kier molecular flexibility index (Phi) is 4.55. The van der Waals surface area contributed by atoms with E-state index in [1.54, 1.807) is 18.3 Å². The summed E-state index contributed by atoms with van der Waals surface area (Å²) in [6.07, 6.45) is 2.50. The highest BCUT2D eigenvalue weighted by Crippen LogP contribution is 2.38. The van der Waals surface area contributed by atoms with Crippen LogP contribution in [-0.2, 0) is 6.42 Å². The number of aromatic carboxylic acids is 1. The van der Waals surface area contributed by atoms with Crippen LogP contribution in [0.1, 0.15) is 26.8 Å². The summed E-state index contributed by atoms with van der Waals surface area (Å²) in [5.74, 6) is -3.27. The number of carbonyl (C=O) groups is 2. The van der Waals surface area contributed by atoms with Crippen molar-refractivity contribution in [1.29, 1.82) is 0 Å². The highest BCUT2D eigenvalue weighted by molar-refractivity contribution is 7.12. The predicted octanol–water partition coefficient (Wildman–Crippen LogP) is 4.92. The molecule has 2 aliphatic rings. The van der Waals surface area contributed by atoms with Gasteiger partial charge in [-0.3, -0.25) is 9.89 Å². The summed E-state index contributed by atoms with van der Waals surface area (Å²) in [7, 11) is 0. The molecule has 0 radical (unpaired) electrons. The van der Waals surface area contributed by atoms with Crippen LogP contribution in [0.4, 0.5) is 25.0 Å². The molecule has 1 saturated heterocycles. The molecule has 0 spiro atoms. The number of nitrogens with one attached hydrogen (secondary N) is 1. The van der Waals surface area contributed by atoms with Crippen LogP contribution < -0.4 is 10.2 Å². The molecule has 2 amide bonds. The first kappa shape index (κ1) is 19.4. The third-order valence-electron chi connectivity index (χ3n) is 5.46. The molecule has 1 atom stereocenters. The fraction of sp³-hybridized carbons (Fsp3) is 0.136. The van der Waals surface area contributed by atoms with Crippen molar-refractivity contribution in [2.45, 2.75) is 12.5 Å². The molecular formula is C22H15F2N3O3S. The Labute approximate surface area is 179 Å². The number of halogens is 2. The zero-order chi connectivity index (χ0) is 21.7. The van der Waals surface area contributed by atoms with E-state index in [2.05, 4.69) is 10.3 Å². The van der Waals surface area contributed by atoms with Crippen molar-refractivity contribution in [3.8, 4) is 11.1 Å². The number of hydrogen-bond donors (Lipinski definition) is 2. The van der Waals surface area contributed by atoms with Gasteiger partial charge in [0.15, 0.2) is 11.6 Å². The Morgan fingerprint density at radius 2 is 2.03 bits per heavy atom. The normalized spacial score (nSPS) is 17.2. The Balaban J connectivity index is 1.53. The van der Waals surface area contributed by atoms with Crippen molar-refractivity contribution < 1.29 is 23.5 Å². The largest absolute Gasteiger partial charge is 0.477 e. The van der Waals surface area contributed by atoms with Crippen molar-refractivity contribution >= 4 is 40.9 Å². The average Bonchev–Trinajstić information content (AvgIpc) is 3.49. The number of carboxylic acid groups (broad SMARTS) is 1. The van der Waals surface area contributed by atoms with E-state index in [0.717, 1.165) is 29.0 Å². The van der Waals surface area contributed by atoms with E-state index in [1.807, 2.05) is 6.07 Å². The summed E-state index contributed by atoms with van der Waals surface area (Å²) < 4.78 is 30.1. The van der Waals surface area contributed by atoms with Gasteiger partial charge in [0.1, 0.15) is 4.88 Å². The first-order valence-corrected chi connectivity index (χ1v) is 10.3. The van der Waals surface area contributed by atoms with Crippen LogP contribution >= 0.6 is 11.3 Å². The molecule has 1 fully saturated rings. The van der Waals surface area contributed by atoms with Crippen molar-refractivity contribution in [2.24, 2.45) is 4.99 Å². The van der Waals surface area contributed by atoms with Crippen molar-refractivity contribution in [2.75, 3.05) is 11.4 Å². The van der Waals surface area contributed by atoms with Crippen LogP contribution in [0, 0.1) is 11.6 Å². The maximum atomic E-state index is 15.1. The second kappa shape index (κ2) is 7.28. The highest BCUT2D eigenvalue weighted by atomic mass is 32.1. The zero-order valence-electron chi connectivity index (χ0n) is 15.9. The summed E-state index contributed by atoms with van der Waals surface area (Å²) in [4.78, 5) is 29.3. The number of carboxylic acids is 1. The Morgan fingerprint density at radius 3 is 2.81 bits per heavy atom. The summed E-state index contributed by atoms with van der Waals surface area (Å²) in [5.41, 5.74) is 2.64. The van der Waals surface area contributed by atoms with Crippen molar-refractivity contribution in [3.63, 3.8) is 0 Å². The molecule has 3 heterocycles. The third kappa shape index (κ3) is 3.17. The monoisotopic (exact) mass is 439 g/mol. The Morgan fingerprint density at radius 1 is 1.19 bits per heavy atom. The number of rotatable bonds is 4. The number of anilines is 1. The van der Waals surface area contributed by atoms with Gasteiger partial charge in [-0.05, 0) is 34.7 Å². The van der Waals surface area contributed by atoms with Gasteiger partial charge in [-0.2, -0.15) is 0 Å². The third-order valence-corrected chi connectivity index (χ3v) is 6.38. The SMILES string of the molecule is O=C(O)c1cc(-c2ccc(C3CNC(=O)N3c3ccc4c(c3)N=CC4)c(F)c2F)cs1. The number of thiophene rings is 1. The van der Waals surface area contributed by atoms with Gasteiger partial charge in [0.25, 0.3) is 0 Å². The van der Waals surface area contributed by atoms with Crippen LogP contribution in [0.3, 0.4) is 0 Å². The molecule has 0 saturated carbocycles. The second-order valence-corrected chi connectivity index (χ2v) is 8.15. The lowest BCUT2D eigenvalue weighted by molar-refractivity contribution is 0.0702. The Hall–Kier alpha value is -3.59. The number of fused-ring (bicyclic) bond motifs is 1. The van der Waals surface area contributed by atoms with Crippen LogP contribution in [0.2, 0.25) is 0 Å². The van der Waals surface area contributed by atoms with Gasteiger partial charge in [0.2, 0.25) is 0 Å². The number of benzene rings is 2. The number of nitrogens with zero attached hydrogens (tertiary/aromatic N) is 2. The molecule has 2 aromatic carbocycles. The lowest BCUT2D eigenvalue weighted by atomic mass is 9.99. The van der Waals surface area contributed by atoms with Gasteiger partial charge < -0.3 is 10.4 Å². The first-order valence-electron chi connectivity index (χ1n) is 9.46. The minimum Gasteiger partial charge on any atom is -0.477 e. The predicted molar refractivity (Wildman–Crippen MR) is 114 cm³/mol. The molecule has 0 bridgehead atoms. The minimum absolute atomic E-state index is 0.0271. The van der Waals surface area contributed by atoms with Gasteiger partial charge in [0.05, 0.1) is 11.7 Å². The fourth-order valence-corrected chi connectivity index (χ4v) is 4.66. The topological polar surface area (TPSA) is 82.0 Å². The van der Waals surface area contributed by atoms with Gasteiger partial charge in [0, 0.05) is 36.0 Å². The maximum absolute atomic E-state index is 15.1. The first-order chi connectivity index (χ1) is 14.9. The van der Waals surface area contributed by atoms with E-state index in [0.29, 0.717) is 11.3 Å². The molecule has 1 aromatic heterocycles. The number of aliphatic imine (C=N–C) groups is 1. The molecular weight excluding hydrogens is 424 g/mol. The smallest absolute Gasteiger partial charge is 0.345 e. The molecule has 2 aliphatic heterocycles. The van der Waals surface area contributed by atoms with Crippen LogP contribution in [0.15, 0.2) is 46.8 Å². The summed E-state index contributed by atoms with van der Waals surface area (Å²) in [5, 5.41) is 13.2. The lowest BCUT2D eigenvalue weighted by Crippen LogP contribution is -2.30. The summed E-state index contributed by atoms with van der Waals surface area (Å²) in [6, 6.07) is 8.42. The van der Waals surface area contributed by atoms with Crippen LogP contribution in [-0.4, -0.2) is 29.9 Å². The second-order valence-electron chi connectivity index (χ2n) is 7.24. The van der Waals surface area contributed by atoms with E-state index >= 15 is 4.39 Å². The van der Waals surface area contributed by atoms with Gasteiger partial charge in [-0.1, -0.05) is 18.2 Å². The van der Waals surface area contributed by atoms with E-state index in [-0.39, 0.29) is 22.5 Å². The van der Waals surface area contributed by atoms with E-state index < -0.39 is 29.7 Å². The van der Waals surface area contributed by atoms with E-state index in [9.17, 15) is 14.0 Å². The summed E-state index contributed by atoms with van der Waals surface area (Å²) >= 11 is 0.941. The molecule has 5 rings (SSSR count). The molecule has 9 heteroatoms. The van der Waals surface area contributed by atoms with Gasteiger partial charge in [-0.15, -0.1) is 11.3 Å². The number of urea groups is 1. The number of amides is 2. The van der Waals surface area contributed by atoms with Crippen molar-refractivity contribution in [1.82, 2.24) is 5.32 Å². The zero-order valence-corrected chi connectivity index (χ0v) is 16.7. The average molecular weight is 439 g/mol. The Bertz CT molecular complexity index is 1270. The van der Waals surface area contributed by atoms with Crippen LogP contribution in [0.5, 0.6) is 0 Å². The standard InChI is InChI=1S/C22H15F2N3O3S/c23-19-14(12-7-18(21(28)29)31-10-12)3-4-15(20(19)24)17-9-26-22(30)27(17)13-2-1-11-5-6-25-16(11)8-13/h1-4,6-8,10,17H,5,9H2,(H,26,30)(H,28,29). The lowest BCUT2D eigenvalue weighted by Gasteiger charge is -2.24. The molecule has 3 aromatic rings. The fourth-order valence-electron chi connectivity index (χ4n) is 3.92. The quantitative estimate of drug-likeness (QED) is 0.605. The van der Waals surface area contributed by atoms with E-state index in [4.69, 9.17) is 5.11 Å². The molecule has 2 N–H and O–H groups in total. The van der Waals surface area contributed by atoms with Crippen LogP contribution in [0.25, 0.3) is 11.1 Å². The van der Waals surface area contributed by atoms with E-state index in [1.165, 1.54) is 28.5 Å². The maximum Gasteiger partial charge on any atom is 0.345 e. The van der Waals surface area contributed by atoms with Gasteiger partial charge >= 0.3 is 12.0 Å². The van der Waals surface area contributed by atoms with Gasteiger partial charge in [-0.25, -0.2) is 18.4 Å². The molecule has 0 aliphatic carbocycles. The number of hydrogen-bond acceptors (Lipinski definition) is 4. The molecule has 156 valence electrons. The minimum atomic E-state index is -1.13. The highest BCUT2D eigenvalue weighted by Gasteiger charge is 2.36. The number of carbonyl (C=O) groups excluding carboxylic acids is 1. The summed E-state index contributed by atoms with van der Waals surface area (Å²) in [6.45, 7) is 0.122. The molecule has 31 heavy (non-hydrogen) atoms. The van der Waals surface area contributed by atoms with Crippen molar-refractivity contribution in [3.05, 3.63) is 69.4 Å².